The molecule has 69 heavy (non-hydrogen) atoms. The average Bonchev–Trinajstić information content (AvgIpc) is 3.33. The van der Waals surface area contributed by atoms with Gasteiger partial charge in [-0.1, -0.05) is 198 Å². The highest BCUT2D eigenvalue weighted by molar-refractivity contribution is 5.78. The minimum atomic E-state index is 0.221. The molecule has 1 aromatic carbocycles. The van der Waals surface area contributed by atoms with Crippen LogP contribution in [0.5, 0.6) is 11.5 Å². The molecule has 0 radical (unpaired) electrons. The van der Waals surface area contributed by atoms with Crippen LogP contribution in [0, 0.1) is 0 Å². The number of amides is 1. The number of hydrogen-bond acceptors (Lipinski definition) is 5. The first-order valence-electron chi connectivity index (χ1n) is 29.7. The number of allylic oxidation sites excluding steroid dienone is 6. The number of carbonyl (C=O) groups is 2. The zero-order chi connectivity index (χ0) is 49.8. The van der Waals surface area contributed by atoms with Crippen molar-refractivity contribution >= 4 is 11.7 Å². The van der Waals surface area contributed by atoms with Gasteiger partial charge >= 0.3 is 0 Å². The van der Waals surface area contributed by atoms with E-state index in [0.717, 1.165) is 108 Å². The van der Waals surface area contributed by atoms with Crippen LogP contribution in [0.15, 0.2) is 54.7 Å². The molecule has 0 saturated carbocycles. The molecule has 0 aliphatic heterocycles. The Bertz CT molecular complexity index is 1370. The maximum atomic E-state index is 12.4. The molecule has 0 unspecified atom stereocenters. The molecule has 6 heteroatoms. The predicted octanol–water partition coefficient (Wildman–Crippen LogP) is 18.9. The van der Waals surface area contributed by atoms with Crippen molar-refractivity contribution in [3.63, 3.8) is 0 Å². The maximum Gasteiger partial charge on any atom is 0.219 e. The lowest BCUT2D eigenvalue weighted by Crippen LogP contribution is -2.23. The lowest BCUT2D eigenvalue weighted by Gasteiger charge is -2.15. The first-order valence-corrected chi connectivity index (χ1v) is 29.7. The van der Waals surface area contributed by atoms with Crippen LogP contribution in [0.4, 0.5) is 0 Å². The maximum absolute atomic E-state index is 12.4. The summed E-state index contributed by atoms with van der Waals surface area (Å²) < 4.78 is 12.5. The van der Waals surface area contributed by atoms with E-state index in [2.05, 4.69) is 92.8 Å². The number of rotatable bonds is 53. The summed E-state index contributed by atoms with van der Waals surface area (Å²) in [6, 6.07) is 6.39. The topological polar surface area (TPSA) is 67.9 Å². The molecule has 0 bridgehead atoms. The number of carbonyl (C=O) groups excluding carboxylic acids is 2. The van der Waals surface area contributed by atoms with Gasteiger partial charge < -0.3 is 19.7 Å². The fraction of sp³-hybridized carbons (Fsp3) is 0.778. The number of benzene rings is 1. The van der Waals surface area contributed by atoms with Crippen LogP contribution in [0.2, 0.25) is 0 Å². The minimum absolute atomic E-state index is 0.221. The second kappa shape index (κ2) is 51.5. The van der Waals surface area contributed by atoms with Crippen molar-refractivity contribution in [1.82, 2.24) is 10.2 Å². The van der Waals surface area contributed by atoms with Gasteiger partial charge in [-0.25, -0.2) is 0 Å². The summed E-state index contributed by atoms with van der Waals surface area (Å²) in [4.78, 5) is 26.8. The van der Waals surface area contributed by atoms with Gasteiger partial charge in [0.25, 0.3) is 0 Å². The first kappa shape index (κ1) is 64.2. The monoisotopic (exact) mass is 961 g/mol. The molecule has 0 heterocycles. The summed E-state index contributed by atoms with van der Waals surface area (Å²) in [7, 11) is 4.20. The van der Waals surface area contributed by atoms with Crippen molar-refractivity contribution in [2.45, 2.75) is 284 Å². The van der Waals surface area contributed by atoms with Crippen molar-refractivity contribution in [2.24, 2.45) is 0 Å². The molecular weight excluding hydrogens is 849 g/mol. The molecule has 1 N–H and O–H groups in total. The molecule has 0 aliphatic rings. The van der Waals surface area contributed by atoms with Crippen molar-refractivity contribution in [1.29, 1.82) is 0 Å². The lowest BCUT2D eigenvalue weighted by atomic mass is 10.0. The Hall–Kier alpha value is -2.86. The minimum Gasteiger partial charge on any atom is -0.493 e. The van der Waals surface area contributed by atoms with E-state index in [1.54, 1.807) is 0 Å². The third kappa shape index (κ3) is 47.2. The Morgan fingerprint density at radius 1 is 0.435 bits per heavy atom. The van der Waals surface area contributed by atoms with E-state index in [1.807, 2.05) is 0 Å². The first-order chi connectivity index (χ1) is 33.9. The summed E-state index contributed by atoms with van der Waals surface area (Å²) >= 11 is 0. The second-order valence-corrected chi connectivity index (χ2v) is 20.7. The summed E-state index contributed by atoms with van der Waals surface area (Å²) in [6.07, 6.45) is 62.9. The van der Waals surface area contributed by atoms with Crippen LogP contribution in [0.25, 0.3) is 0 Å². The van der Waals surface area contributed by atoms with E-state index in [9.17, 15) is 9.59 Å². The van der Waals surface area contributed by atoms with Gasteiger partial charge in [0.1, 0.15) is 17.3 Å². The van der Waals surface area contributed by atoms with Crippen molar-refractivity contribution < 1.29 is 19.1 Å². The van der Waals surface area contributed by atoms with Crippen LogP contribution in [-0.4, -0.2) is 50.4 Å². The number of nitrogens with one attached hydrogen (secondary N) is 1. The van der Waals surface area contributed by atoms with Crippen LogP contribution in [-0.2, 0) is 16.1 Å². The molecule has 0 atom stereocenters. The van der Waals surface area contributed by atoms with Crippen molar-refractivity contribution in [3.05, 3.63) is 60.2 Å². The van der Waals surface area contributed by atoms with Crippen molar-refractivity contribution in [2.75, 3.05) is 33.9 Å². The molecular formula is C63H112N2O4. The molecule has 0 aliphatic carbocycles. The summed E-state index contributed by atoms with van der Waals surface area (Å²) in [5.41, 5.74) is 1.22. The molecule has 0 aromatic heterocycles. The average molecular weight is 962 g/mol. The molecule has 398 valence electrons. The summed E-state index contributed by atoms with van der Waals surface area (Å²) in [5.74, 6) is 2.52. The highest BCUT2D eigenvalue weighted by atomic mass is 16.5. The van der Waals surface area contributed by atoms with E-state index in [0.29, 0.717) is 12.2 Å². The van der Waals surface area contributed by atoms with Crippen molar-refractivity contribution in [3.8, 4) is 11.5 Å². The Morgan fingerprint density at radius 2 is 0.797 bits per heavy atom. The molecule has 0 fully saturated rings. The fourth-order valence-corrected chi connectivity index (χ4v) is 8.98. The summed E-state index contributed by atoms with van der Waals surface area (Å²) in [5, 5.41) is 3.14. The van der Waals surface area contributed by atoms with Crippen LogP contribution in [0.1, 0.15) is 283 Å². The van der Waals surface area contributed by atoms with Gasteiger partial charge in [-0.05, 0) is 128 Å². The van der Waals surface area contributed by atoms with Crippen LogP contribution in [0.3, 0.4) is 0 Å². The third-order valence-electron chi connectivity index (χ3n) is 13.3. The van der Waals surface area contributed by atoms with Gasteiger partial charge in [0, 0.05) is 38.4 Å². The normalized spacial score (nSPS) is 11.8. The Kier molecular flexibility index (Phi) is 47.9. The largest absolute Gasteiger partial charge is 0.493 e. The standard InChI is InChI=1S/C63H112N2O4/c1-5-7-9-11-13-15-17-19-21-23-25-27-31-37-43-49-60(66)50-44-38-32-29-30-35-41-47-53-68-61-55-59(58-65(3)4)56-62(57-61)69-54-48-42-36-34-40-46-52-64-63(67)51-45-39-33-28-26-24-22-20-18-16-14-12-10-8-6-2/h14,16,19-22,55-57H,5-13,15,17-18,23-54,58H2,1-4H3,(H,64,67). The zero-order valence-corrected chi connectivity index (χ0v) is 46.1. The zero-order valence-electron chi connectivity index (χ0n) is 46.1. The number of Topliss-reactive ketones (excluding diaryl/α,β-unsaturated/α-hetero) is 1. The number of hydrogen-bond donors (Lipinski definition) is 1. The predicted molar refractivity (Wildman–Crippen MR) is 301 cm³/mol. The van der Waals surface area contributed by atoms with Gasteiger partial charge in [-0.15, -0.1) is 0 Å². The van der Waals surface area contributed by atoms with E-state index >= 15 is 0 Å². The van der Waals surface area contributed by atoms with Gasteiger partial charge in [0.2, 0.25) is 5.91 Å². The second-order valence-electron chi connectivity index (χ2n) is 20.7. The number of ketones is 1. The summed E-state index contributed by atoms with van der Waals surface area (Å²) in [6.45, 7) is 7.66. The smallest absolute Gasteiger partial charge is 0.219 e. The number of unbranched alkanes of at least 4 members (excludes halogenated alkanes) is 31. The fourth-order valence-electron chi connectivity index (χ4n) is 8.98. The highest BCUT2D eigenvalue weighted by Gasteiger charge is 2.07. The van der Waals surface area contributed by atoms with E-state index in [-0.39, 0.29) is 5.91 Å². The Labute approximate surface area is 428 Å². The van der Waals surface area contributed by atoms with Crippen LogP contribution < -0.4 is 14.8 Å². The molecule has 6 nitrogen and oxygen atoms in total. The van der Waals surface area contributed by atoms with Gasteiger partial charge in [0.15, 0.2) is 0 Å². The Morgan fingerprint density at radius 3 is 1.26 bits per heavy atom. The SMILES string of the molecule is CCCCCC=CCC=CCCCCCCCC(=O)NCCCCCCCCOc1cc(CN(C)C)cc(OCCCCCCCCCCC(=O)CCCCCCCC=CCCCCCCCC)c1. The lowest BCUT2D eigenvalue weighted by molar-refractivity contribution is -0.121. The van der Waals surface area contributed by atoms with E-state index in [1.165, 1.54) is 192 Å². The van der Waals surface area contributed by atoms with E-state index in [4.69, 9.17) is 9.47 Å². The van der Waals surface area contributed by atoms with Gasteiger partial charge in [0.05, 0.1) is 13.2 Å². The molecule has 0 saturated heterocycles. The molecule has 0 spiro atoms. The van der Waals surface area contributed by atoms with Gasteiger partial charge in [-0.3, -0.25) is 9.59 Å². The van der Waals surface area contributed by atoms with Gasteiger partial charge in [-0.2, -0.15) is 0 Å². The highest BCUT2D eigenvalue weighted by Crippen LogP contribution is 2.25. The molecule has 1 rings (SSSR count). The number of ether oxygens (including phenoxy) is 2. The number of nitrogens with zero attached hydrogens (tertiary/aromatic N) is 1. The third-order valence-corrected chi connectivity index (χ3v) is 13.3. The molecule has 1 aromatic rings. The van der Waals surface area contributed by atoms with Crippen LogP contribution >= 0.6 is 0 Å². The molecule has 1 amide bonds. The quantitative estimate of drug-likeness (QED) is 0.0520. The van der Waals surface area contributed by atoms with E-state index < -0.39 is 0 Å². The Balaban J connectivity index is 2.00.